The molecule has 58 heavy (non-hydrogen) atoms. The predicted octanol–water partition coefficient (Wildman–Crippen LogP) is -3.70. The minimum Gasteiger partial charge on any atom is -0.370 e. The second kappa shape index (κ2) is 27.1. The zero-order chi connectivity index (χ0) is 42.9. The molecule has 0 aliphatic rings. The minimum atomic E-state index is -1.36. The van der Waals surface area contributed by atoms with Gasteiger partial charge in [-0.05, 0) is 17.5 Å². The van der Waals surface area contributed by atoms with E-state index in [2.05, 4.69) is 62.5 Å². The van der Waals surface area contributed by atoms with E-state index in [1.54, 1.807) is 60.7 Å². The SMILES string of the molecule is NCC(=O)N[C@@H](Cc1ccccc1)C(=O)NCC(=O)N[C@@H](CCC(N)=O)C(=O)NCC(=O)NC(Cc1ccccc1)C(=O)NCC(=O)NCC(=O)N(CCS)CCS. The third-order valence-corrected chi connectivity index (χ3v) is 8.58. The van der Waals surface area contributed by atoms with Crippen molar-refractivity contribution in [2.75, 3.05) is 57.3 Å². The van der Waals surface area contributed by atoms with Crippen molar-refractivity contribution in [2.45, 2.75) is 43.8 Å². The number of nitrogens with one attached hydrogen (secondary N) is 7. The highest BCUT2D eigenvalue weighted by Crippen LogP contribution is 2.05. The van der Waals surface area contributed by atoms with E-state index in [-0.39, 0.29) is 44.7 Å². The van der Waals surface area contributed by atoms with E-state index in [0.717, 1.165) is 5.56 Å². The van der Waals surface area contributed by atoms with Crippen LogP contribution >= 0.6 is 25.3 Å². The summed E-state index contributed by atoms with van der Waals surface area (Å²) in [4.78, 5) is 115. The summed E-state index contributed by atoms with van der Waals surface area (Å²) >= 11 is 8.26. The van der Waals surface area contributed by atoms with E-state index >= 15 is 0 Å². The number of primary amides is 1. The Balaban J connectivity index is 2.01. The summed E-state index contributed by atoms with van der Waals surface area (Å²) in [5.74, 6) is -5.43. The van der Waals surface area contributed by atoms with Crippen LogP contribution in [0.2, 0.25) is 0 Å². The van der Waals surface area contributed by atoms with Gasteiger partial charge in [-0.1, -0.05) is 60.7 Å². The van der Waals surface area contributed by atoms with Gasteiger partial charge in [-0.3, -0.25) is 43.2 Å². The zero-order valence-electron chi connectivity index (χ0n) is 31.9. The molecule has 19 nitrogen and oxygen atoms in total. The van der Waals surface area contributed by atoms with Crippen LogP contribution in [0.25, 0.3) is 0 Å². The largest absolute Gasteiger partial charge is 0.370 e. The summed E-state index contributed by atoms with van der Waals surface area (Å²) in [6, 6.07) is 13.8. The van der Waals surface area contributed by atoms with Crippen LogP contribution in [0.1, 0.15) is 24.0 Å². The normalized spacial score (nSPS) is 12.1. The molecule has 9 amide bonds. The molecule has 0 aliphatic heterocycles. The van der Waals surface area contributed by atoms with Crippen LogP contribution < -0.4 is 48.7 Å². The van der Waals surface area contributed by atoms with E-state index in [0.29, 0.717) is 30.2 Å². The summed E-state index contributed by atoms with van der Waals surface area (Å²) in [7, 11) is 0. The third kappa shape index (κ3) is 19.5. The van der Waals surface area contributed by atoms with Crippen molar-refractivity contribution in [3.63, 3.8) is 0 Å². The van der Waals surface area contributed by atoms with Crippen LogP contribution in [-0.2, 0) is 56.0 Å². The molecular weight excluding hydrogens is 793 g/mol. The lowest BCUT2D eigenvalue weighted by Gasteiger charge is -2.22. The van der Waals surface area contributed by atoms with Crippen LogP contribution in [0.4, 0.5) is 0 Å². The minimum absolute atomic E-state index is 0.0139. The van der Waals surface area contributed by atoms with Crippen LogP contribution in [-0.4, -0.2) is 134 Å². The quantitative estimate of drug-likeness (QED) is 0.0412. The average Bonchev–Trinajstić information content (AvgIpc) is 3.21. The fourth-order valence-corrected chi connectivity index (χ4v) is 5.72. The number of thiol groups is 2. The van der Waals surface area contributed by atoms with Gasteiger partial charge < -0.3 is 53.6 Å². The highest BCUT2D eigenvalue weighted by Gasteiger charge is 2.26. The molecule has 2 aromatic carbocycles. The van der Waals surface area contributed by atoms with Gasteiger partial charge >= 0.3 is 0 Å². The molecule has 2 aromatic rings. The zero-order valence-corrected chi connectivity index (χ0v) is 33.7. The van der Waals surface area contributed by atoms with Crippen molar-refractivity contribution in [1.82, 2.24) is 42.1 Å². The fraction of sp³-hybridized carbons (Fsp3) is 0.432. The van der Waals surface area contributed by atoms with E-state index in [1.807, 2.05) is 0 Å². The van der Waals surface area contributed by atoms with Crippen LogP contribution in [0.3, 0.4) is 0 Å². The molecule has 0 fully saturated rings. The summed E-state index contributed by atoms with van der Waals surface area (Å²) < 4.78 is 0. The fourth-order valence-electron chi connectivity index (χ4n) is 5.24. The second-order valence-electron chi connectivity index (χ2n) is 12.7. The Hall–Kier alpha value is -5.67. The highest BCUT2D eigenvalue weighted by atomic mass is 32.1. The first-order valence-electron chi connectivity index (χ1n) is 18.3. The molecule has 11 N–H and O–H groups in total. The van der Waals surface area contributed by atoms with Crippen LogP contribution in [0.5, 0.6) is 0 Å². The molecule has 21 heteroatoms. The molecule has 0 radical (unpaired) electrons. The van der Waals surface area contributed by atoms with Crippen LogP contribution in [0.15, 0.2) is 60.7 Å². The van der Waals surface area contributed by atoms with Gasteiger partial charge in [-0.25, -0.2) is 0 Å². The van der Waals surface area contributed by atoms with E-state index in [9.17, 15) is 43.2 Å². The molecule has 0 bridgehead atoms. The monoisotopic (exact) mass is 844 g/mol. The first-order valence-corrected chi connectivity index (χ1v) is 19.6. The van der Waals surface area contributed by atoms with Crippen molar-refractivity contribution < 1.29 is 43.2 Å². The standard InChI is InChI=1S/C37H52N10O9S2/c38-19-30(49)45-27(17-24-7-3-1-4-8-24)36(55)43-21-32(51)44-26(11-12-29(39)48)35(54)42-22-33(52)46-28(18-25-9-5-2-6-10-25)37(56)41-20-31(50)40-23-34(53)47(13-15-57)14-16-58/h1-10,26-28,57-58H,11-23,38H2,(H2,39,48)(H,40,50)(H,41,56)(H,42,54)(H,43,55)(H,44,51)(H,45,49)(H,46,52)/t26-,27-,28?/m0/s1. The molecular formula is C37H52N10O9S2. The number of carbonyl (C=O) groups excluding carboxylic acids is 9. The van der Waals surface area contributed by atoms with Crippen molar-refractivity contribution in [3.05, 3.63) is 71.8 Å². The maximum absolute atomic E-state index is 13.2. The second-order valence-corrected chi connectivity index (χ2v) is 13.6. The number of nitrogens with zero attached hydrogens (tertiary/aromatic N) is 1. The molecule has 0 spiro atoms. The Bertz CT molecular complexity index is 1700. The van der Waals surface area contributed by atoms with Gasteiger partial charge in [0.05, 0.1) is 32.7 Å². The third-order valence-electron chi connectivity index (χ3n) is 8.18. The van der Waals surface area contributed by atoms with Gasteiger partial charge in [0.2, 0.25) is 53.2 Å². The maximum Gasteiger partial charge on any atom is 0.243 e. The predicted molar refractivity (Wildman–Crippen MR) is 220 cm³/mol. The first-order chi connectivity index (χ1) is 27.8. The van der Waals surface area contributed by atoms with Gasteiger partial charge in [0.25, 0.3) is 0 Å². The molecule has 0 aliphatic carbocycles. The number of rotatable bonds is 26. The van der Waals surface area contributed by atoms with Crippen molar-refractivity contribution in [1.29, 1.82) is 0 Å². The Morgan fingerprint density at radius 2 is 0.966 bits per heavy atom. The topological polar surface area (TPSA) is 293 Å². The molecule has 0 saturated carbocycles. The number of hydrogen-bond donors (Lipinski definition) is 11. The van der Waals surface area contributed by atoms with Gasteiger partial charge in [0, 0.05) is 43.9 Å². The number of nitrogens with two attached hydrogens (primary N) is 2. The lowest BCUT2D eigenvalue weighted by Crippen LogP contribution is -2.55. The lowest BCUT2D eigenvalue weighted by atomic mass is 10.1. The summed E-state index contributed by atoms with van der Waals surface area (Å²) in [5, 5.41) is 17.1. The van der Waals surface area contributed by atoms with Gasteiger partial charge in [-0.2, -0.15) is 25.3 Å². The number of benzene rings is 2. The van der Waals surface area contributed by atoms with Crippen molar-refractivity contribution in [2.24, 2.45) is 11.5 Å². The molecule has 1 unspecified atom stereocenters. The molecule has 0 heterocycles. The van der Waals surface area contributed by atoms with Gasteiger partial charge in [0.15, 0.2) is 0 Å². The number of hydrogen-bond acceptors (Lipinski definition) is 12. The van der Waals surface area contributed by atoms with E-state index in [1.165, 1.54) is 4.90 Å². The number of amides is 9. The Morgan fingerprint density at radius 3 is 1.40 bits per heavy atom. The Morgan fingerprint density at radius 1 is 0.552 bits per heavy atom. The van der Waals surface area contributed by atoms with Gasteiger partial charge in [0.1, 0.15) is 18.1 Å². The summed E-state index contributed by atoms with van der Waals surface area (Å²) in [6.07, 6.45) is -0.447. The van der Waals surface area contributed by atoms with Crippen LogP contribution in [0, 0.1) is 0 Å². The highest BCUT2D eigenvalue weighted by molar-refractivity contribution is 7.80. The average molecular weight is 845 g/mol. The first kappa shape index (κ1) is 48.5. The molecule has 2 rings (SSSR count). The molecule has 316 valence electrons. The molecule has 0 aromatic heterocycles. The summed E-state index contributed by atoms with van der Waals surface area (Å²) in [6.45, 7) is -1.70. The molecule has 3 atom stereocenters. The summed E-state index contributed by atoms with van der Waals surface area (Å²) in [5.41, 5.74) is 12.1. The smallest absolute Gasteiger partial charge is 0.243 e. The maximum atomic E-state index is 13.2. The van der Waals surface area contributed by atoms with Gasteiger partial charge in [-0.15, -0.1) is 0 Å². The lowest BCUT2D eigenvalue weighted by molar-refractivity contribution is -0.133. The Labute approximate surface area is 347 Å². The van der Waals surface area contributed by atoms with E-state index < -0.39 is 85.0 Å². The number of carbonyl (C=O) groups is 9. The van der Waals surface area contributed by atoms with Crippen molar-refractivity contribution in [3.8, 4) is 0 Å². The van der Waals surface area contributed by atoms with Crippen molar-refractivity contribution >= 4 is 78.4 Å². The molecule has 0 saturated heterocycles. The van der Waals surface area contributed by atoms with E-state index in [4.69, 9.17) is 11.5 Å². The Kier molecular flexibility index (Phi) is 22.6.